The molecule has 0 aromatic heterocycles. The number of rotatable bonds is 3. The predicted octanol–water partition coefficient (Wildman–Crippen LogP) is 2.62. The van der Waals surface area contributed by atoms with E-state index >= 15 is 0 Å². The first-order chi connectivity index (χ1) is 7.27. The SMILES string of the molecule is CN(CC1CCCC1)C1CCCCC1=O. The van der Waals surface area contributed by atoms with Gasteiger partial charge in [-0.15, -0.1) is 0 Å². The molecular formula is C13H23NO. The van der Waals surface area contributed by atoms with Crippen LogP contribution in [0.4, 0.5) is 0 Å². The van der Waals surface area contributed by atoms with E-state index < -0.39 is 0 Å². The van der Waals surface area contributed by atoms with E-state index in [0.29, 0.717) is 5.78 Å². The van der Waals surface area contributed by atoms with E-state index in [2.05, 4.69) is 11.9 Å². The minimum Gasteiger partial charge on any atom is -0.298 e. The molecule has 0 bridgehead atoms. The Labute approximate surface area is 93.0 Å². The zero-order chi connectivity index (χ0) is 10.7. The van der Waals surface area contributed by atoms with Crippen LogP contribution in [0.15, 0.2) is 0 Å². The highest BCUT2D eigenvalue weighted by atomic mass is 16.1. The van der Waals surface area contributed by atoms with Gasteiger partial charge in [-0.05, 0) is 38.6 Å². The summed E-state index contributed by atoms with van der Waals surface area (Å²) >= 11 is 0. The highest BCUT2D eigenvalue weighted by Crippen LogP contribution is 2.27. The molecule has 2 rings (SSSR count). The van der Waals surface area contributed by atoms with Gasteiger partial charge in [-0.2, -0.15) is 0 Å². The molecule has 0 spiro atoms. The molecular weight excluding hydrogens is 186 g/mol. The maximum atomic E-state index is 11.8. The molecule has 2 heteroatoms. The maximum Gasteiger partial charge on any atom is 0.149 e. The van der Waals surface area contributed by atoms with Crippen molar-refractivity contribution in [1.29, 1.82) is 0 Å². The molecule has 0 N–H and O–H groups in total. The highest BCUT2D eigenvalue weighted by molar-refractivity contribution is 5.84. The number of likely N-dealkylation sites (N-methyl/N-ethyl adjacent to an activating group) is 1. The van der Waals surface area contributed by atoms with Gasteiger partial charge in [0.25, 0.3) is 0 Å². The smallest absolute Gasteiger partial charge is 0.149 e. The van der Waals surface area contributed by atoms with Crippen molar-refractivity contribution >= 4 is 5.78 Å². The molecule has 0 heterocycles. The Morgan fingerprint density at radius 3 is 2.47 bits per heavy atom. The first kappa shape index (κ1) is 11.1. The fourth-order valence-corrected chi connectivity index (χ4v) is 3.16. The average Bonchev–Trinajstić information content (AvgIpc) is 2.71. The molecule has 2 fully saturated rings. The lowest BCUT2D eigenvalue weighted by molar-refractivity contribution is -0.125. The number of ketones is 1. The van der Waals surface area contributed by atoms with Crippen LogP contribution in [0, 0.1) is 5.92 Å². The largest absolute Gasteiger partial charge is 0.298 e. The molecule has 0 amide bonds. The van der Waals surface area contributed by atoms with E-state index in [-0.39, 0.29) is 6.04 Å². The lowest BCUT2D eigenvalue weighted by atomic mass is 9.92. The topological polar surface area (TPSA) is 20.3 Å². The molecule has 1 unspecified atom stereocenters. The van der Waals surface area contributed by atoms with Gasteiger partial charge in [-0.3, -0.25) is 9.69 Å². The average molecular weight is 209 g/mol. The molecule has 2 aliphatic rings. The summed E-state index contributed by atoms with van der Waals surface area (Å²) in [5.74, 6) is 1.35. The number of carbonyl (C=O) groups excluding carboxylic acids is 1. The molecule has 0 aromatic carbocycles. The van der Waals surface area contributed by atoms with Gasteiger partial charge in [-0.25, -0.2) is 0 Å². The van der Waals surface area contributed by atoms with E-state index in [4.69, 9.17) is 0 Å². The summed E-state index contributed by atoms with van der Waals surface area (Å²) in [6.07, 6.45) is 9.84. The fraction of sp³-hybridized carbons (Fsp3) is 0.923. The Balaban J connectivity index is 1.82. The lowest BCUT2D eigenvalue weighted by Gasteiger charge is -2.31. The third kappa shape index (κ3) is 2.81. The second-order valence-electron chi connectivity index (χ2n) is 5.32. The Bertz CT molecular complexity index is 221. The Morgan fingerprint density at radius 2 is 1.80 bits per heavy atom. The van der Waals surface area contributed by atoms with Crippen molar-refractivity contribution in [2.45, 2.75) is 57.4 Å². The summed E-state index contributed by atoms with van der Waals surface area (Å²) in [5.41, 5.74) is 0. The molecule has 86 valence electrons. The van der Waals surface area contributed by atoms with Crippen LogP contribution in [0.3, 0.4) is 0 Å². The van der Waals surface area contributed by atoms with Gasteiger partial charge in [0.15, 0.2) is 0 Å². The van der Waals surface area contributed by atoms with Gasteiger partial charge < -0.3 is 0 Å². The number of Topliss-reactive ketones (excluding diaryl/α,β-unsaturated/α-hetero) is 1. The van der Waals surface area contributed by atoms with Gasteiger partial charge in [-0.1, -0.05) is 19.3 Å². The van der Waals surface area contributed by atoms with Crippen molar-refractivity contribution in [1.82, 2.24) is 4.90 Å². The van der Waals surface area contributed by atoms with Crippen LogP contribution >= 0.6 is 0 Å². The van der Waals surface area contributed by atoms with Crippen LogP contribution in [0.25, 0.3) is 0 Å². The van der Waals surface area contributed by atoms with Crippen molar-refractivity contribution in [3.05, 3.63) is 0 Å². The normalized spacial score (nSPS) is 28.9. The van der Waals surface area contributed by atoms with Gasteiger partial charge in [0.2, 0.25) is 0 Å². The minimum absolute atomic E-state index is 0.249. The molecule has 0 saturated heterocycles. The molecule has 0 aliphatic heterocycles. The quantitative estimate of drug-likeness (QED) is 0.712. The molecule has 0 radical (unpaired) electrons. The van der Waals surface area contributed by atoms with Crippen molar-refractivity contribution in [3.63, 3.8) is 0 Å². The monoisotopic (exact) mass is 209 g/mol. The van der Waals surface area contributed by atoms with Gasteiger partial charge in [0, 0.05) is 13.0 Å². The molecule has 2 aliphatic carbocycles. The highest BCUT2D eigenvalue weighted by Gasteiger charge is 2.27. The number of carbonyl (C=O) groups is 1. The summed E-state index contributed by atoms with van der Waals surface area (Å²) in [6, 6.07) is 0.249. The third-order valence-electron chi connectivity index (χ3n) is 4.08. The Kier molecular flexibility index (Phi) is 3.79. The number of hydrogen-bond acceptors (Lipinski definition) is 2. The minimum atomic E-state index is 0.249. The van der Waals surface area contributed by atoms with E-state index in [1.165, 1.54) is 32.1 Å². The van der Waals surface area contributed by atoms with E-state index in [1.54, 1.807) is 0 Å². The summed E-state index contributed by atoms with van der Waals surface area (Å²) in [6.45, 7) is 1.15. The second kappa shape index (κ2) is 5.11. The molecule has 2 nitrogen and oxygen atoms in total. The number of nitrogens with zero attached hydrogens (tertiary/aromatic N) is 1. The van der Waals surface area contributed by atoms with E-state index in [0.717, 1.165) is 31.7 Å². The zero-order valence-electron chi connectivity index (χ0n) is 9.87. The van der Waals surface area contributed by atoms with E-state index in [9.17, 15) is 4.79 Å². The van der Waals surface area contributed by atoms with Crippen molar-refractivity contribution in [2.24, 2.45) is 5.92 Å². The second-order valence-corrected chi connectivity index (χ2v) is 5.32. The van der Waals surface area contributed by atoms with Crippen LogP contribution in [-0.2, 0) is 4.79 Å². The van der Waals surface area contributed by atoms with Crippen LogP contribution in [-0.4, -0.2) is 30.3 Å². The van der Waals surface area contributed by atoms with Crippen molar-refractivity contribution in [3.8, 4) is 0 Å². The van der Waals surface area contributed by atoms with Crippen LogP contribution in [0.1, 0.15) is 51.4 Å². The molecule has 1 atom stereocenters. The van der Waals surface area contributed by atoms with Crippen LogP contribution in [0.5, 0.6) is 0 Å². The predicted molar refractivity (Wildman–Crippen MR) is 61.9 cm³/mol. The van der Waals surface area contributed by atoms with Crippen molar-refractivity contribution < 1.29 is 4.79 Å². The Morgan fingerprint density at radius 1 is 1.13 bits per heavy atom. The number of hydrogen-bond donors (Lipinski definition) is 0. The summed E-state index contributed by atoms with van der Waals surface area (Å²) in [4.78, 5) is 14.1. The first-order valence-corrected chi connectivity index (χ1v) is 6.50. The summed E-state index contributed by atoms with van der Waals surface area (Å²) < 4.78 is 0. The molecule has 15 heavy (non-hydrogen) atoms. The van der Waals surface area contributed by atoms with E-state index in [1.807, 2.05) is 0 Å². The van der Waals surface area contributed by atoms with Crippen molar-refractivity contribution in [2.75, 3.05) is 13.6 Å². The van der Waals surface area contributed by atoms with Gasteiger partial charge in [0.1, 0.15) is 5.78 Å². The Hall–Kier alpha value is -0.370. The standard InChI is InChI=1S/C13H23NO/c1-14(10-11-6-2-3-7-11)12-8-4-5-9-13(12)15/h11-12H,2-10H2,1H3. The molecule has 0 aromatic rings. The molecule has 2 saturated carbocycles. The van der Waals surface area contributed by atoms with Gasteiger partial charge in [0.05, 0.1) is 6.04 Å². The zero-order valence-corrected chi connectivity index (χ0v) is 9.87. The third-order valence-corrected chi connectivity index (χ3v) is 4.08. The maximum absolute atomic E-state index is 11.8. The first-order valence-electron chi connectivity index (χ1n) is 6.50. The van der Waals surface area contributed by atoms with Crippen LogP contribution in [0.2, 0.25) is 0 Å². The van der Waals surface area contributed by atoms with Gasteiger partial charge >= 0.3 is 0 Å². The van der Waals surface area contributed by atoms with Crippen LogP contribution < -0.4 is 0 Å². The fourth-order valence-electron chi connectivity index (χ4n) is 3.16. The summed E-state index contributed by atoms with van der Waals surface area (Å²) in [5, 5.41) is 0. The lowest BCUT2D eigenvalue weighted by Crippen LogP contribution is -2.42. The summed E-state index contributed by atoms with van der Waals surface area (Å²) in [7, 11) is 2.15.